The first-order valence-electron chi connectivity index (χ1n) is 5.89. The highest BCUT2D eigenvalue weighted by Gasteiger charge is 2.19. The summed E-state index contributed by atoms with van der Waals surface area (Å²) in [5.74, 6) is 0. The Labute approximate surface area is 101 Å². The van der Waals surface area contributed by atoms with Crippen molar-refractivity contribution in [1.29, 1.82) is 0 Å². The van der Waals surface area contributed by atoms with E-state index in [1.54, 1.807) is 0 Å². The maximum absolute atomic E-state index is 3.93. The Hall–Kier alpha value is -0.550. The highest BCUT2D eigenvalue weighted by Crippen LogP contribution is 2.26. The number of hydrogen-bond acceptors (Lipinski definition) is 4. The van der Waals surface area contributed by atoms with E-state index in [9.17, 15) is 0 Å². The van der Waals surface area contributed by atoms with Crippen LogP contribution in [0.2, 0.25) is 0 Å². The predicted molar refractivity (Wildman–Crippen MR) is 67.4 cm³/mol. The summed E-state index contributed by atoms with van der Waals surface area (Å²) in [6.07, 6.45) is 9.36. The molecule has 1 aromatic rings. The van der Waals surface area contributed by atoms with Crippen LogP contribution in [-0.4, -0.2) is 32.5 Å². The van der Waals surface area contributed by atoms with Crippen LogP contribution in [0.1, 0.15) is 31.4 Å². The largest absolute Gasteiger partial charge is 0.308 e. The normalized spacial score (nSPS) is 25.9. The van der Waals surface area contributed by atoms with Crippen molar-refractivity contribution in [2.45, 2.75) is 43.5 Å². The molecule has 0 spiro atoms. The minimum atomic E-state index is 0.679. The topological polar surface area (TPSA) is 42.7 Å². The van der Waals surface area contributed by atoms with Crippen LogP contribution in [-0.2, 0) is 13.6 Å². The highest BCUT2D eigenvalue weighted by atomic mass is 32.2. The quantitative estimate of drug-likeness (QED) is 0.867. The molecule has 16 heavy (non-hydrogen) atoms. The molecule has 2 rings (SSSR count). The van der Waals surface area contributed by atoms with Gasteiger partial charge in [0, 0.05) is 24.9 Å². The summed E-state index contributed by atoms with van der Waals surface area (Å²) in [4.78, 5) is 0. The maximum atomic E-state index is 3.93. The Balaban J connectivity index is 1.73. The summed E-state index contributed by atoms with van der Waals surface area (Å²) < 4.78 is 1.83. The van der Waals surface area contributed by atoms with Gasteiger partial charge in [0.05, 0.1) is 11.9 Å². The second kappa shape index (κ2) is 5.68. The molecule has 0 bridgehead atoms. The number of nitrogens with zero attached hydrogens (tertiary/aromatic N) is 3. The molecule has 0 saturated heterocycles. The first-order chi connectivity index (χ1) is 7.79. The highest BCUT2D eigenvalue weighted by molar-refractivity contribution is 7.99. The number of aryl methyl sites for hydroxylation is 1. The van der Waals surface area contributed by atoms with Gasteiger partial charge in [-0.2, -0.15) is 11.8 Å². The molecule has 0 unspecified atom stereocenters. The molecule has 1 fully saturated rings. The molecule has 5 heteroatoms. The van der Waals surface area contributed by atoms with Gasteiger partial charge in [-0.1, -0.05) is 5.21 Å². The number of aromatic nitrogens is 3. The van der Waals surface area contributed by atoms with Crippen LogP contribution in [0.15, 0.2) is 6.20 Å². The lowest BCUT2D eigenvalue weighted by Gasteiger charge is -2.28. The van der Waals surface area contributed by atoms with Crippen molar-refractivity contribution in [3.63, 3.8) is 0 Å². The fourth-order valence-electron chi connectivity index (χ4n) is 2.22. The summed E-state index contributed by atoms with van der Waals surface area (Å²) in [5, 5.41) is 12.3. The average molecular weight is 240 g/mol. The molecule has 1 aliphatic carbocycles. The Morgan fingerprint density at radius 3 is 2.75 bits per heavy atom. The van der Waals surface area contributed by atoms with Crippen LogP contribution in [0.5, 0.6) is 0 Å². The van der Waals surface area contributed by atoms with Gasteiger partial charge in [0.1, 0.15) is 0 Å². The third kappa shape index (κ3) is 2.98. The standard InChI is InChI=1S/C11H20N4S/c1-15-10(8-13-14-15)7-12-9-3-5-11(16-2)6-4-9/h8-9,11-12H,3-7H2,1-2H3. The van der Waals surface area contributed by atoms with Crippen molar-refractivity contribution in [3.05, 3.63) is 11.9 Å². The van der Waals surface area contributed by atoms with Crippen LogP contribution in [0.4, 0.5) is 0 Å². The van der Waals surface area contributed by atoms with Gasteiger partial charge in [-0.15, -0.1) is 5.10 Å². The van der Waals surface area contributed by atoms with Crippen LogP contribution >= 0.6 is 11.8 Å². The van der Waals surface area contributed by atoms with Crippen LogP contribution in [0, 0.1) is 0 Å². The van der Waals surface area contributed by atoms with Crippen LogP contribution in [0.25, 0.3) is 0 Å². The van der Waals surface area contributed by atoms with Gasteiger partial charge in [0.15, 0.2) is 0 Å². The van der Waals surface area contributed by atoms with E-state index < -0.39 is 0 Å². The molecule has 4 nitrogen and oxygen atoms in total. The number of nitrogens with one attached hydrogen (secondary N) is 1. The minimum Gasteiger partial charge on any atom is -0.308 e. The molecular weight excluding hydrogens is 220 g/mol. The third-order valence-electron chi connectivity index (χ3n) is 3.39. The van der Waals surface area contributed by atoms with Gasteiger partial charge in [0.25, 0.3) is 0 Å². The van der Waals surface area contributed by atoms with E-state index >= 15 is 0 Å². The zero-order valence-electron chi connectivity index (χ0n) is 10.0. The van der Waals surface area contributed by atoms with Gasteiger partial charge in [-0.3, -0.25) is 4.68 Å². The predicted octanol–water partition coefficient (Wildman–Crippen LogP) is 1.58. The zero-order chi connectivity index (χ0) is 11.4. The molecular formula is C11H20N4S. The summed E-state index contributed by atoms with van der Waals surface area (Å²) in [5.41, 5.74) is 1.16. The lowest BCUT2D eigenvalue weighted by molar-refractivity contribution is 0.375. The molecule has 0 aliphatic heterocycles. The second-order valence-corrected chi connectivity index (χ2v) is 5.58. The Kier molecular flexibility index (Phi) is 4.23. The van der Waals surface area contributed by atoms with Gasteiger partial charge < -0.3 is 5.32 Å². The molecule has 1 saturated carbocycles. The van der Waals surface area contributed by atoms with E-state index in [1.165, 1.54) is 25.7 Å². The van der Waals surface area contributed by atoms with Crippen molar-refractivity contribution in [3.8, 4) is 0 Å². The van der Waals surface area contributed by atoms with E-state index in [-0.39, 0.29) is 0 Å². The minimum absolute atomic E-state index is 0.679. The molecule has 90 valence electrons. The van der Waals surface area contributed by atoms with Crippen LogP contribution in [0.3, 0.4) is 0 Å². The summed E-state index contributed by atoms with van der Waals surface area (Å²) in [7, 11) is 1.94. The first kappa shape index (κ1) is 11.9. The number of rotatable bonds is 4. The van der Waals surface area contributed by atoms with E-state index in [2.05, 4.69) is 21.9 Å². The number of hydrogen-bond donors (Lipinski definition) is 1. The Morgan fingerprint density at radius 2 is 2.19 bits per heavy atom. The molecule has 0 amide bonds. The van der Waals surface area contributed by atoms with E-state index in [4.69, 9.17) is 0 Å². The van der Waals surface area contributed by atoms with E-state index in [1.807, 2.05) is 29.7 Å². The maximum Gasteiger partial charge on any atom is 0.0738 e. The zero-order valence-corrected chi connectivity index (χ0v) is 10.8. The van der Waals surface area contributed by atoms with Gasteiger partial charge in [-0.25, -0.2) is 0 Å². The summed E-state index contributed by atoms with van der Waals surface area (Å²) >= 11 is 2.01. The smallest absolute Gasteiger partial charge is 0.0738 e. The molecule has 1 N–H and O–H groups in total. The van der Waals surface area contributed by atoms with Crippen molar-refractivity contribution in [2.75, 3.05) is 6.26 Å². The van der Waals surface area contributed by atoms with Crippen molar-refractivity contribution < 1.29 is 0 Å². The Morgan fingerprint density at radius 1 is 1.44 bits per heavy atom. The molecule has 0 radical (unpaired) electrons. The van der Waals surface area contributed by atoms with Crippen LogP contribution < -0.4 is 5.32 Å². The molecule has 0 aromatic carbocycles. The van der Waals surface area contributed by atoms with E-state index in [0.717, 1.165) is 17.5 Å². The van der Waals surface area contributed by atoms with E-state index in [0.29, 0.717) is 6.04 Å². The lowest BCUT2D eigenvalue weighted by Crippen LogP contribution is -2.33. The molecule has 1 aliphatic rings. The van der Waals surface area contributed by atoms with Gasteiger partial charge in [-0.05, 0) is 31.9 Å². The molecule has 0 atom stereocenters. The average Bonchev–Trinajstić information content (AvgIpc) is 2.73. The summed E-state index contributed by atoms with van der Waals surface area (Å²) in [6.45, 7) is 0.887. The van der Waals surface area contributed by atoms with Crippen molar-refractivity contribution >= 4 is 11.8 Å². The third-order valence-corrected chi connectivity index (χ3v) is 4.53. The molecule has 1 aromatic heterocycles. The lowest BCUT2D eigenvalue weighted by atomic mass is 9.95. The monoisotopic (exact) mass is 240 g/mol. The van der Waals surface area contributed by atoms with Gasteiger partial charge in [0.2, 0.25) is 0 Å². The first-order valence-corrected chi connectivity index (χ1v) is 7.18. The fraction of sp³-hybridized carbons (Fsp3) is 0.818. The SMILES string of the molecule is CSC1CCC(NCc2cnnn2C)CC1. The van der Waals surface area contributed by atoms with Gasteiger partial charge >= 0.3 is 0 Å². The fourth-order valence-corrected chi connectivity index (χ4v) is 2.97. The Bertz CT molecular complexity index is 318. The second-order valence-electron chi connectivity index (χ2n) is 4.44. The molecule has 1 heterocycles. The van der Waals surface area contributed by atoms with Crippen molar-refractivity contribution in [2.24, 2.45) is 7.05 Å². The number of thioether (sulfide) groups is 1. The summed E-state index contributed by atoms with van der Waals surface area (Å²) in [6, 6.07) is 0.679. The van der Waals surface area contributed by atoms with Crippen molar-refractivity contribution in [1.82, 2.24) is 20.3 Å².